The van der Waals surface area contributed by atoms with Crippen LogP contribution in [-0.2, 0) is 4.79 Å². The fourth-order valence-electron chi connectivity index (χ4n) is 1.80. The lowest BCUT2D eigenvalue weighted by Crippen LogP contribution is -2.49. The zero-order valence-electron chi connectivity index (χ0n) is 6.89. The van der Waals surface area contributed by atoms with Crippen LogP contribution in [0.5, 0.6) is 0 Å². The first-order chi connectivity index (χ1) is 5.67. The van der Waals surface area contributed by atoms with E-state index in [2.05, 4.69) is 10.6 Å². The summed E-state index contributed by atoms with van der Waals surface area (Å²) in [5, 5.41) is 5.39. The Labute approximate surface area is 70.1 Å². The predicted molar refractivity (Wildman–Crippen MR) is 41.5 cm³/mol. The molecule has 0 aromatic carbocycles. The summed E-state index contributed by atoms with van der Waals surface area (Å²) in [6, 6.07) is -0.288. The molecule has 3 amide bonds. The van der Waals surface area contributed by atoms with E-state index < -0.39 is 5.54 Å². The number of nitrogens with one attached hydrogen (secondary N) is 2. The summed E-state index contributed by atoms with van der Waals surface area (Å²) in [4.78, 5) is 24.0. The largest absolute Gasteiger partial charge is 0.324 e. The lowest BCUT2D eigenvalue weighted by Gasteiger charge is -2.26. The van der Waals surface area contributed by atoms with Crippen molar-refractivity contribution in [3.05, 3.63) is 0 Å². The summed E-state index contributed by atoms with van der Waals surface area (Å²) < 4.78 is 0. The first-order valence-electron chi connectivity index (χ1n) is 3.97. The molecule has 2 heterocycles. The highest BCUT2D eigenvalue weighted by Crippen LogP contribution is 2.26. The molecule has 2 aliphatic heterocycles. The molecule has 0 bridgehead atoms. The summed E-state index contributed by atoms with van der Waals surface area (Å²) >= 11 is 0. The fraction of sp³-hybridized carbons (Fsp3) is 0.714. The minimum Gasteiger partial charge on any atom is -0.314 e. The van der Waals surface area contributed by atoms with Crippen LogP contribution < -0.4 is 10.6 Å². The number of amides is 3. The van der Waals surface area contributed by atoms with Crippen LogP contribution in [0.4, 0.5) is 4.79 Å². The zero-order chi connectivity index (χ0) is 8.77. The van der Waals surface area contributed by atoms with Gasteiger partial charge in [-0.2, -0.15) is 0 Å². The molecule has 0 aliphatic carbocycles. The molecule has 5 heteroatoms. The van der Waals surface area contributed by atoms with Crippen molar-refractivity contribution in [2.75, 3.05) is 20.1 Å². The maximum Gasteiger partial charge on any atom is 0.324 e. The van der Waals surface area contributed by atoms with Crippen LogP contribution in [0.25, 0.3) is 0 Å². The second-order valence-corrected chi connectivity index (χ2v) is 3.28. The van der Waals surface area contributed by atoms with Crippen molar-refractivity contribution >= 4 is 11.9 Å². The standard InChI is InChI=1S/C7H11N3O2/c1-10-6(12)9-5(11)7(10)2-3-8-4-7/h8H,2-4H2,1H3,(H,9,11,12). The summed E-state index contributed by atoms with van der Waals surface area (Å²) in [7, 11) is 1.66. The Bertz CT molecular complexity index is 245. The van der Waals surface area contributed by atoms with Crippen molar-refractivity contribution < 1.29 is 9.59 Å². The number of carbonyl (C=O) groups excluding carboxylic acids is 2. The molecule has 2 saturated heterocycles. The number of urea groups is 1. The van der Waals surface area contributed by atoms with Crippen LogP contribution in [0.1, 0.15) is 6.42 Å². The van der Waals surface area contributed by atoms with Crippen molar-refractivity contribution in [2.45, 2.75) is 12.0 Å². The molecule has 1 unspecified atom stereocenters. The maximum absolute atomic E-state index is 11.4. The highest BCUT2D eigenvalue weighted by atomic mass is 16.2. The Morgan fingerprint density at radius 3 is 2.67 bits per heavy atom. The van der Waals surface area contributed by atoms with Crippen molar-refractivity contribution in [1.29, 1.82) is 0 Å². The number of hydrogen-bond acceptors (Lipinski definition) is 3. The molecule has 12 heavy (non-hydrogen) atoms. The summed E-state index contributed by atoms with van der Waals surface area (Å²) in [6.45, 7) is 1.37. The maximum atomic E-state index is 11.4. The van der Waals surface area contributed by atoms with Gasteiger partial charge in [0.05, 0.1) is 0 Å². The lowest BCUT2D eigenvalue weighted by atomic mass is 9.98. The van der Waals surface area contributed by atoms with Crippen molar-refractivity contribution in [3.63, 3.8) is 0 Å². The average molecular weight is 169 g/mol. The van der Waals surface area contributed by atoms with E-state index in [1.54, 1.807) is 7.05 Å². The van der Waals surface area contributed by atoms with E-state index in [0.29, 0.717) is 13.0 Å². The van der Waals surface area contributed by atoms with Crippen LogP contribution in [0.3, 0.4) is 0 Å². The smallest absolute Gasteiger partial charge is 0.314 e. The van der Waals surface area contributed by atoms with Gasteiger partial charge in [-0.15, -0.1) is 0 Å². The first kappa shape index (κ1) is 7.54. The third-order valence-electron chi connectivity index (χ3n) is 2.72. The molecule has 2 aliphatic rings. The van der Waals surface area contributed by atoms with Gasteiger partial charge >= 0.3 is 6.03 Å². The fourth-order valence-corrected chi connectivity index (χ4v) is 1.80. The van der Waals surface area contributed by atoms with Gasteiger partial charge < -0.3 is 10.2 Å². The van der Waals surface area contributed by atoms with E-state index in [1.807, 2.05) is 0 Å². The van der Waals surface area contributed by atoms with Crippen LogP contribution in [0, 0.1) is 0 Å². The molecule has 2 fully saturated rings. The molecule has 2 rings (SSSR count). The van der Waals surface area contributed by atoms with Gasteiger partial charge in [0.2, 0.25) is 0 Å². The van der Waals surface area contributed by atoms with Gasteiger partial charge in [0.15, 0.2) is 0 Å². The summed E-state index contributed by atoms with van der Waals surface area (Å²) in [6.07, 6.45) is 0.709. The molecule has 0 saturated carbocycles. The molecular formula is C7H11N3O2. The normalized spacial score (nSPS) is 34.9. The van der Waals surface area contributed by atoms with Crippen LogP contribution >= 0.6 is 0 Å². The van der Waals surface area contributed by atoms with Gasteiger partial charge in [-0.3, -0.25) is 10.1 Å². The molecule has 5 nitrogen and oxygen atoms in total. The lowest BCUT2D eigenvalue weighted by molar-refractivity contribution is -0.125. The zero-order valence-corrected chi connectivity index (χ0v) is 6.89. The minimum absolute atomic E-state index is 0.167. The van der Waals surface area contributed by atoms with Gasteiger partial charge in [-0.05, 0) is 13.0 Å². The molecule has 0 aromatic heterocycles. The van der Waals surface area contributed by atoms with Crippen LogP contribution in [-0.4, -0.2) is 42.5 Å². The molecule has 0 radical (unpaired) electrons. The topological polar surface area (TPSA) is 61.4 Å². The highest BCUT2D eigenvalue weighted by molar-refractivity contribution is 6.07. The Kier molecular flexibility index (Phi) is 1.38. The van der Waals surface area contributed by atoms with Crippen LogP contribution in [0.2, 0.25) is 0 Å². The Morgan fingerprint density at radius 2 is 2.25 bits per heavy atom. The molecular weight excluding hydrogens is 158 g/mol. The Hall–Kier alpha value is -1.10. The van der Waals surface area contributed by atoms with Gasteiger partial charge in [-0.25, -0.2) is 4.79 Å². The van der Waals surface area contributed by atoms with E-state index in [4.69, 9.17) is 0 Å². The Morgan fingerprint density at radius 1 is 1.50 bits per heavy atom. The molecule has 66 valence electrons. The molecule has 2 N–H and O–H groups in total. The quantitative estimate of drug-likeness (QED) is 0.452. The first-order valence-corrected chi connectivity index (χ1v) is 3.97. The van der Waals surface area contributed by atoms with Crippen molar-refractivity contribution in [2.24, 2.45) is 0 Å². The SMILES string of the molecule is CN1C(=O)NC(=O)C12CCNC2. The molecule has 1 atom stereocenters. The number of hydrogen-bond donors (Lipinski definition) is 2. The van der Waals surface area contributed by atoms with E-state index in [9.17, 15) is 9.59 Å². The number of likely N-dealkylation sites (N-methyl/N-ethyl adjacent to an activating group) is 1. The Balaban J connectivity index is 2.34. The van der Waals surface area contributed by atoms with Gasteiger partial charge in [0, 0.05) is 13.6 Å². The summed E-state index contributed by atoms with van der Waals surface area (Å²) in [5.74, 6) is -0.167. The third-order valence-corrected chi connectivity index (χ3v) is 2.72. The third kappa shape index (κ3) is 0.714. The van der Waals surface area contributed by atoms with Crippen molar-refractivity contribution in [1.82, 2.24) is 15.5 Å². The van der Waals surface area contributed by atoms with Gasteiger partial charge in [0.25, 0.3) is 5.91 Å². The van der Waals surface area contributed by atoms with E-state index in [1.165, 1.54) is 4.90 Å². The number of carbonyl (C=O) groups is 2. The van der Waals surface area contributed by atoms with E-state index in [-0.39, 0.29) is 11.9 Å². The number of rotatable bonds is 0. The molecule has 1 spiro atoms. The second-order valence-electron chi connectivity index (χ2n) is 3.28. The van der Waals surface area contributed by atoms with Gasteiger partial charge in [-0.1, -0.05) is 0 Å². The van der Waals surface area contributed by atoms with Crippen molar-refractivity contribution in [3.8, 4) is 0 Å². The van der Waals surface area contributed by atoms with E-state index >= 15 is 0 Å². The highest BCUT2D eigenvalue weighted by Gasteiger charge is 2.52. The average Bonchev–Trinajstić information content (AvgIpc) is 2.57. The summed E-state index contributed by atoms with van der Waals surface area (Å²) in [5.41, 5.74) is -0.600. The monoisotopic (exact) mass is 169 g/mol. The van der Waals surface area contributed by atoms with Crippen LogP contribution in [0.15, 0.2) is 0 Å². The minimum atomic E-state index is -0.600. The predicted octanol–water partition coefficient (Wildman–Crippen LogP) is -1.10. The number of imide groups is 1. The van der Waals surface area contributed by atoms with Gasteiger partial charge in [0.1, 0.15) is 5.54 Å². The second kappa shape index (κ2) is 2.20. The molecule has 0 aromatic rings. The van der Waals surface area contributed by atoms with E-state index in [0.717, 1.165) is 6.54 Å². The number of nitrogens with zero attached hydrogens (tertiary/aromatic N) is 1.